The topological polar surface area (TPSA) is 29.1 Å². The van der Waals surface area contributed by atoms with E-state index in [-0.39, 0.29) is 5.91 Å². The van der Waals surface area contributed by atoms with Crippen LogP contribution in [0.15, 0.2) is 30.3 Å². The predicted octanol–water partition coefficient (Wildman–Crippen LogP) is 1.96. The van der Waals surface area contributed by atoms with Crippen molar-refractivity contribution in [2.45, 2.75) is 20.4 Å². The zero-order valence-electron chi connectivity index (χ0n) is 9.08. The molecule has 2 nitrogen and oxygen atoms in total. The Morgan fingerprint density at radius 2 is 2.00 bits per heavy atom. The zero-order chi connectivity index (χ0) is 11.3. The minimum Gasteiger partial charge on any atom is -0.351 e. The highest BCUT2D eigenvalue weighted by Gasteiger charge is 2.23. The number of carbonyl (C=O) groups is 1. The van der Waals surface area contributed by atoms with Gasteiger partial charge in [-0.3, -0.25) is 4.79 Å². The van der Waals surface area contributed by atoms with Crippen LogP contribution in [0.25, 0.3) is 0 Å². The molecule has 0 radical (unpaired) electrons. The Hall–Kier alpha value is -1.75. The van der Waals surface area contributed by atoms with Gasteiger partial charge < -0.3 is 5.32 Å². The van der Waals surface area contributed by atoms with E-state index in [1.807, 2.05) is 30.3 Å². The summed E-state index contributed by atoms with van der Waals surface area (Å²) in [7, 11) is 0. The van der Waals surface area contributed by atoms with Gasteiger partial charge in [0.25, 0.3) is 0 Å². The molecule has 2 heteroatoms. The standard InChI is InChI=1S/C13H15NO/c1-4-13(2,3)12(15)14-10-11-8-6-5-7-9-11/h1,5-9H,10H2,2-3H3,(H,14,15). The van der Waals surface area contributed by atoms with Gasteiger partial charge in [-0.2, -0.15) is 0 Å². The van der Waals surface area contributed by atoms with Crippen molar-refractivity contribution < 1.29 is 4.79 Å². The Morgan fingerprint density at radius 1 is 1.40 bits per heavy atom. The van der Waals surface area contributed by atoms with Gasteiger partial charge >= 0.3 is 0 Å². The summed E-state index contributed by atoms with van der Waals surface area (Å²) in [4.78, 5) is 11.6. The third-order valence-corrected chi connectivity index (χ3v) is 2.22. The summed E-state index contributed by atoms with van der Waals surface area (Å²) < 4.78 is 0. The maximum atomic E-state index is 11.6. The second-order valence-corrected chi connectivity index (χ2v) is 3.94. The summed E-state index contributed by atoms with van der Waals surface area (Å²) in [6.45, 7) is 3.98. The first-order valence-electron chi connectivity index (χ1n) is 4.86. The summed E-state index contributed by atoms with van der Waals surface area (Å²) >= 11 is 0. The van der Waals surface area contributed by atoms with E-state index in [0.29, 0.717) is 6.54 Å². The fourth-order valence-electron chi connectivity index (χ4n) is 1.06. The Bertz CT molecular complexity index is 373. The Labute approximate surface area is 90.7 Å². The van der Waals surface area contributed by atoms with Crippen molar-refractivity contribution >= 4 is 5.91 Å². The molecule has 0 saturated heterocycles. The first kappa shape index (κ1) is 11.3. The lowest BCUT2D eigenvalue weighted by molar-refractivity contribution is -0.126. The van der Waals surface area contributed by atoms with Gasteiger partial charge in [-0.1, -0.05) is 36.3 Å². The molecular formula is C13H15NO. The molecule has 1 aromatic carbocycles. The molecule has 1 rings (SSSR count). The lowest BCUT2D eigenvalue weighted by atomic mass is 9.94. The highest BCUT2D eigenvalue weighted by Crippen LogP contribution is 2.12. The molecule has 1 N–H and O–H groups in total. The van der Waals surface area contributed by atoms with Gasteiger partial charge in [-0.25, -0.2) is 0 Å². The van der Waals surface area contributed by atoms with Gasteiger partial charge in [0.2, 0.25) is 5.91 Å². The fourth-order valence-corrected chi connectivity index (χ4v) is 1.06. The van der Waals surface area contributed by atoms with Crippen LogP contribution in [0, 0.1) is 17.8 Å². The van der Waals surface area contributed by atoms with E-state index in [9.17, 15) is 4.79 Å². The summed E-state index contributed by atoms with van der Waals surface area (Å²) in [5.41, 5.74) is 0.327. The zero-order valence-corrected chi connectivity index (χ0v) is 9.08. The first-order valence-corrected chi connectivity index (χ1v) is 4.86. The first-order chi connectivity index (χ1) is 7.06. The number of amides is 1. The fraction of sp³-hybridized carbons (Fsp3) is 0.308. The summed E-state index contributed by atoms with van der Waals surface area (Å²) in [5.74, 6) is 2.35. The molecule has 0 fully saturated rings. The van der Waals surface area contributed by atoms with Crippen LogP contribution in [0.3, 0.4) is 0 Å². The SMILES string of the molecule is C#CC(C)(C)C(=O)NCc1ccccc1. The quantitative estimate of drug-likeness (QED) is 0.744. The average molecular weight is 201 g/mol. The average Bonchev–Trinajstić information content (AvgIpc) is 2.27. The molecule has 0 unspecified atom stereocenters. The summed E-state index contributed by atoms with van der Waals surface area (Å²) in [5, 5.41) is 2.81. The highest BCUT2D eigenvalue weighted by molar-refractivity contribution is 5.84. The second kappa shape index (κ2) is 4.65. The molecule has 0 spiro atoms. The molecule has 0 aliphatic carbocycles. The monoisotopic (exact) mass is 201 g/mol. The molecule has 0 saturated carbocycles. The molecule has 0 aliphatic heterocycles. The summed E-state index contributed by atoms with van der Waals surface area (Å²) in [6, 6.07) is 9.74. The van der Waals surface area contributed by atoms with Crippen molar-refractivity contribution in [1.29, 1.82) is 0 Å². The molecule has 0 aromatic heterocycles. The van der Waals surface area contributed by atoms with Crippen LogP contribution in [-0.2, 0) is 11.3 Å². The van der Waals surface area contributed by atoms with E-state index in [1.165, 1.54) is 0 Å². The number of hydrogen-bond acceptors (Lipinski definition) is 1. The van der Waals surface area contributed by atoms with Gasteiger partial charge in [0.05, 0.1) is 0 Å². The van der Waals surface area contributed by atoms with Gasteiger partial charge in [0.15, 0.2) is 0 Å². The number of benzene rings is 1. The minimum atomic E-state index is -0.741. The number of carbonyl (C=O) groups excluding carboxylic acids is 1. The van der Waals surface area contributed by atoms with Gasteiger partial charge in [-0.15, -0.1) is 6.42 Å². The van der Waals surface area contributed by atoms with E-state index >= 15 is 0 Å². The maximum absolute atomic E-state index is 11.6. The molecule has 0 heterocycles. The highest BCUT2D eigenvalue weighted by atomic mass is 16.2. The van der Waals surface area contributed by atoms with Crippen LogP contribution in [0.5, 0.6) is 0 Å². The van der Waals surface area contributed by atoms with Crippen LogP contribution < -0.4 is 5.32 Å². The van der Waals surface area contributed by atoms with E-state index in [0.717, 1.165) is 5.56 Å². The van der Waals surface area contributed by atoms with Crippen molar-refractivity contribution in [2.75, 3.05) is 0 Å². The van der Waals surface area contributed by atoms with Gasteiger partial charge in [-0.05, 0) is 19.4 Å². The van der Waals surface area contributed by atoms with Crippen molar-refractivity contribution in [2.24, 2.45) is 5.41 Å². The van der Waals surface area contributed by atoms with Crippen LogP contribution in [0.2, 0.25) is 0 Å². The summed E-state index contributed by atoms with van der Waals surface area (Å²) in [6.07, 6.45) is 5.27. The van der Waals surface area contributed by atoms with Crippen LogP contribution in [0.4, 0.5) is 0 Å². The van der Waals surface area contributed by atoms with E-state index < -0.39 is 5.41 Å². The van der Waals surface area contributed by atoms with Crippen LogP contribution in [-0.4, -0.2) is 5.91 Å². The predicted molar refractivity (Wildman–Crippen MR) is 60.9 cm³/mol. The molecule has 1 amide bonds. The van der Waals surface area contributed by atoms with Gasteiger partial charge in [0, 0.05) is 6.54 Å². The largest absolute Gasteiger partial charge is 0.351 e. The molecule has 15 heavy (non-hydrogen) atoms. The Balaban J connectivity index is 2.53. The van der Waals surface area contributed by atoms with Crippen molar-refractivity contribution in [3.63, 3.8) is 0 Å². The van der Waals surface area contributed by atoms with Crippen molar-refractivity contribution in [1.82, 2.24) is 5.32 Å². The third kappa shape index (κ3) is 3.14. The van der Waals surface area contributed by atoms with E-state index in [4.69, 9.17) is 6.42 Å². The second-order valence-electron chi connectivity index (χ2n) is 3.94. The Morgan fingerprint density at radius 3 is 2.53 bits per heavy atom. The minimum absolute atomic E-state index is 0.117. The van der Waals surface area contributed by atoms with Crippen LogP contribution in [0.1, 0.15) is 19.4 Å². The number of nitrogens with one attached hydrogen (secondary N) is 1. The number of rotatable bonds is 3. The number of terminal acetylenes is 1. The normalized spacial score (nSPS) is 10.5. The lowest BCUT2D eigenvalue weighted by Crippen LogP contribution is -2.35. The molecule has 0 aliphatic rings. The molecule has 78 valence electrons. The van der Waals surface area contributed by atoms with E-state index in [1.54, 1.807) is 13.8 Å². The van der Waals surface area contributed by atoms with E-state index in [2.05, 4.69) is 11.2 Å². The van der Waals surface area contributed by atoms with Crippen molar-refractivity contribution in [3.05, 3.63) is 35.9 Å². The van der Waals surface area contributed by atoms with Crippen LogP contribution >= 0.6 is 0 Å². The molecule has 0 bridgehead atoms. The smallest absolute Gasteiger partial charge is 0.237 e. The third-order valence-electron chi connectivity index (χ3n) is 2.22. The molecule has 0 atom stereocenters. The number of hydrogen-bond donors (Lipinski definition) is 1. The Kier molecular flexibility index (Phi) is 3.51. The molecular weight excluding hydrogens is 186 g/mol. The molecule has 1 aromatic rings. The van der Waals surface area contributed by atoms with Crippen molar-refractivity contribution in [3.8, 4) is 12.3 Å². The lowest BCUT2D eigenvalue weighted by Gasteiger charge is -2.16. The van der Waals surface area contributed by atoms with Gasteiger partial charge in [0.1, 0.15) is 5.41 Å². The maximum Gasteiger partial charge on any atom is 0.237 e.